The summed E-state index contributed by atoms with van der Waals surface area (Å²) in [5.74, 6) is 1.13. The summed E-state index contributed by atoms with van der Waals surface area (Å²) in [7, 11) is 0. The van der Waals surface area contributed by atoms with Crippen molar-refractivity contribution in [2.24, 2.45) is 0 Å². The van der Waals surface area contributed by atoms with E-state index in [1.807, 2.05) is 16.9 Å². The lowest BCUT2D eigenvalue weighted by Crippen LogP contribution is -2.14. The summed E-state index contributed by atoms with van der Waals surface area (Å²) in [6.07, 6.45) is 0.827. The maximum atomic E-state index is 12.3. The van der Waals surface area contributed by atoms with Crippen molar-refractivity contribution >= 4 is 34.1 Å². The maximum Gasteiger partial charge on any atom is 0.236 e. The van der Waals surface area contributed by atoms with E-state index in [0.717, 1.165) is 35.2 Å². The molecule has 27 heavy (non-hydrogen) atoms. The SMILES string of the molecule is CCc1nnc(SCC(=O)Nc2nc(-c3ccc(C)c(C)c3)cs2)n1CC. The fraction of sp³-hybridized carbons (Fsp3) is 0.368. The molecule has 3 rings (SSSR count). The van der Waals surface area contributed by atoms with Crippen molar-refractivity contribution in [1.29, 1.82) is 0 Å². The minimum Gasteiger partial charge on any atom is -0.306 e. The van der Waals surface area contributed by atoms with Gasteiger partial charge in [0.1, 0.15) is 5.82 Å². The van der Waals surface area contributed by atoms with Crippen LogP contribution in [0.3, 0.4) is 0 Å². The third kappa shape index (κ3) is 4.56. The number of carbonyl (C=O) groups excluding carboxylic acids is 1. The van der Waals surface area contributed by atoms with E-state index in [9.17, 15) is 4.79 Å². The number of rotatable bonds is 7. The first kappa shape index (κ1) is 19.6. The molecule has 3 aromatic rings. The number of amides is 1. The zero-order chi connectivity index (χ0) is 19.4. The lowest BCUT2D eigenvalue weighted by Gasteiger charge is -2.05. The normalized spacial score (nSPS) is 11.0. The number of hydrogen-bond donors (Lipinski definition) is 1. The van der Waals surface area contributed by atoms with Gasteiger partial charge in [0.15, 0.2) is 10.3 Å². The Morgan fingerprint density at radius 1 is 1.22 bits per heavy atom. The van der Waals surface area contributed by atoms with E-state index in [0.29, 0.717) is 5.13 Å². The van der Waals surface area contributed by atoms with Gasteiger partial charge in [-0.2, -0.15) is 0 Å². The van der Waals surface area contributed by atoms with Crippen molar-refractivity contribution in [2.75, 3.05) is 11.1 Å². The summed E-state index contributed by atoms with van der Waals surface area (Å²) in [4.78, 5) is 16.8. The molecule has 2 aromatic heterocycles. The first-order valence-electron chi connectivity index (χ1n) is 8.89. The largest absolute Gasteiger partial charge is 0.306 e. The zero-order valence-electron chi connectivity index (χ0n) is 15.9. The smallest absolute Gasteiger partial charge is 0.236 e. The number of carbonyl (C=O) groups is 1. The highest BCUT2D eigenvalue weighted by molar-refractivity contribution is 7.99. The third-order valence-electron chi connectivity index (χ3n) is 4.31. The molecule has 142 valence electrons. The standard InChI is InChI=1S/C19H23N5OS2/c1-5-16-22-23-19(24(16)6-2)27-11-17(25)21-18-20-15(10-26-18)14-8-7-12(3)13(4)9-14/h7-10H,5-6,11H2,1-4H3,(H,20,21,25). The van der Waals surface area contributed by atoms with Crippen LogP contribution < -0.4 is 5.32 Å². The maximum absolute atomic E-state index is 12.3. The second-order valence-electron chi connectivity index (χ2n) is 6.17. The van der Waals surface area contributed by atoms with E-state index in [1.54, 1.807) is 0 Å². The van der Waals surface area contributed by atoms with Crippen LogP contribution in [0.2, 0.25) is 0 Å². The molecule has 1 amide bonds. The molecule has 8 heteroatoms. The van der Waals surface area contributed by atoms with Gasteiger partial charge in [0.2, 0.25) is 5.91 Å². The van der Waals surface area contributed by atoms with E-state index in [1.165, 1.54) is 34.2 Å². The Hall–Kier alpha value is -2.19. The number of anilines is 1. The minimum atomic E-state index is -0.0929. The van der Waals surface area contributed by atoms with Crippen LogP contribution in [-0.2, 0) is 17.8 Å². The zero-order valence-corrected chi connectivity index (χ0v) is 17.6. The van der Waals surface area contributed by atoms with Gasteiger partial charge in [-0.25, -0.2) is 4.98 Å². The second kappa shape index (κ2) is 8.67. The number of benzene rings is 1. The quantitative estimate of drug-likeness (QED) is 0.597. The number of hydrogen-bond acceptors (Lipinski definition) is 6. The monoisotopic (exact) mass is 401 g/mol. The average Bonchev–Trinajstić information content (AvgIpc) is 3.28. The number of nitrogens with one attached hydrogen (secondary N) is 1. The molecule has 0 saturated carbocycles. The summed E-state index contributed by atoms with van der Waals surface area (Å²) < 4.78 is 2.04. The molecule has 6 nitrogen and oxygen atoms in total. The lowest BCUT2D eigenvalue weighted by molar-refractivity contribution is -0.113. The average molecular weight is 402 g/mol. The molecule has 2 heterocycles. The Bertz CT molecular complexity index is 947. The van der Waals surface area contributed by atoms with Gasteiger partial charge in [-0.05, 0) is 38.0 Å². The summed E-state index contributed by atoms with van der Waals surface area (Å²) >= 11 is 2.83. The van der Waals surface area contributed by atoms with Crippen molar-refractivity contribution in [3.8, 4) is 11.3 Å². The molecule has 0 aliphatic rings. The molecule has 0 bridgehead atoms. The predicted molar refractivity (Wildman–Crippen MR) is 111 cm³/mol. The summed E-state index contributed by atoms with van der Waals surface area (Å²) in [5, 5.41) is 14.6. The Morgan fingerprint density at radius 2 is 2.04 bits per heavy atom. The molecule has 0 fully saturated rings. The van der Waals surface area contributed by atoms with Crippen molar-refractivity contribution in [3.63, 3.8) is 0 Å². The number of aromatic nitrogens is 4. The second-order valence-corrected chi connectivity index (χ2v) is 7.97. The number of thioether (sulfide) groups is 1. The summed E-state index contributed by atoms with van der Waals surface area (Å²) in [6, 6.07) is 6.27. The Morgan fingerprint density at radius 3 is 2.74 bits per heavy atom. The highest BCUT2D eigenvalue weighted by Crippen LogP contribution is 2.27. The molecular weight excluding hydrogens is 378 g/mol. The van der Waals surface area contributed by atoms with Crippen LogP contribution in [0.1, 0.15) is 30.8 Å². The van der Waals surface area contributed by atoms with E-state index < -0.39 is 0 Å². The summed E-state index contributed by atoms with van der Waals surface area (Å²) in [5.41, 5.74) is 4.43. The first-order chi connectivity index (χ1) is 13.0. The van der Waals surface area contributed by atoms with Crippen LogP contribution in [0, 0.1) is 13.8 Å². The predicted octanol–water partition coefficient (Wildman–Crippen LogP) is 4.33. The highest BCUT2D eigenvalue weighted by atomic mass is 32.2. The van der Waals surface area contributed by atoms with E-state index in [2.05, 4.69) is 59.5 Å². The highest BCUT2D eigenvalue weighted by Gasteiger charge is 2.13. The molecule has 0 aliphatic heterocycles. The van der Waals surface area contributed by atoms with E-state index in [4.69, 9.17) is 0 Å². The van der Waals surface area contributed by atoms with Gasteiger partial charge in [-0.15, -0.1) is 21.5 Å². The molecular formula is C19H23N5OS2. The van der Waals surface area contributed by atoms with Crippen molar-refractivity contribution in [2.45, 2.75) is 45.8 Å². The molecule has 0 radical (unpaired) electrons. The minimum absolute atomic E-state index is 0.0929. The van der Waals surface area contributed by atoms with Gasteiger partial charge in [-0.1, -0.05) is 30.8 Å². The molecule has 0 saturated heterocycles. The van der Waals surface area contributed by atoms with Crippen LogP contribution in [-0.4, -0.2) is 31.4 Å². The molecule has 1 aromatic carbocycles. The fourth-order valence-corrected chi connectivity index (χ4v) is 4.21. The third-order valence-corrected chi connectivity index (χ3v) is 6.04. The van der Waals surface area contributed by atoms with Crippen LogP contribution in [0.4, 0.5) is 5.13 Å². The van der Waals surface area contributed by atoms with E-state index in [-0.39, 0.29) is 11.7 Å². The Balaban J connectivity index is 1.61. The van der Waals surface area contributed by atoms with Gasteiger partial charge < -0.3 is 9.88 Å². The fourth-order valence-electron chi connectivity index (χ4n) is 2.65. The van der Waals surface area contributed by atoms with Crippen molar-refractivity contribution < 1.29 is 4.79 Å². The topological polar surface area (TPSA) is 72.7 Å². The number of nitrogens with zero attached hydrogens (tertiary/aromatic N) is 4. The van der Waals surface area contributed by atoms with Gasteiger partial charge in [-0.3, -0.25) is 4.79 Å². The molecule has 0 spiro atoms. The molecule has 0 aliphatic carbocycles. The van der Waals surface area contributed by atoms with Crippen LogP contribution in [0.5, 0.6) is 0 Å². The van der Waals surface area contributed by atoms with Crippen LogP contribution >= 0.6 is 23.1 Å². The van der Waals surface area contributed by atoms with Crippen molar-refractivity contribution in [1.82, 2.24) is 19.7 Å². The lowest BCUT2D eigenvalue weighted by atomic mass is 10.1. The molecule has 0 unspecified atom stereocenters. The Labute approximate surface area is 167 Å². The van der Waals surface area contributed by atoms with Gasteiger partial charge >= 0.3 is 0 Å². The summed E-state index contributed by atoms with van der Waals surface area (Å²) in [6.45, 7) is 9.08. The van der Waals surface area contributed by atoms with Gasteiger partial charge in [0.25, 0.3) is 0 Å². The van der Waals surface area contributed by atoms with Crippen molar-refractivity contribution in [3.05, 3.63) is 40.5 Å². The number of aryl methyl sites for hydroxylation is 3. The Kier molecular flexibility index (Phi) is 6.28. The number of thiazole rings is 1. The first-order valence-corrected chi connectivity index (χ1v) is 10.8. The van der Waals surface area contributed by atoms with Gasteiger partial charge in [0.05, 0.1) is 11.4 Å². The van der Waals surface area contributed by atoms with Gasteiger partial charge in [0, 0.05) is 23.9 Å². The van der Waals surface area contributed by atoms with Crippen LogP contribution in [0.25, 0.3) is 11.3 Å². The van der Waals surface area contributed by atoms with E-state index >= 15 is 0 Å². The molecule has 0 atom stereocenters. The molecule has 1 N–H and O–H groups in total. The van der Waals surface area contributed by atoms with Crippen LogP contribution in [0.15, 0.2) is 28.7 Å².